The molecular formula is C22H24ClFN2O4. The number of amides is 2. The summed E-state index contributed by atoms with van der Waals surface area (Å²) in [5.74, 6) is -0.554. The second-order valence-electron chi connectivity index (χ2n) is 7.32. The molecule has 2 amide bonds. The van der Waals surface area contributed by atoms with Crippen molar-refractivity contribution in [1.82, 2.24) is 4.90 Å². The van der Waals surface area contributed by atoms with Gasteiger partial charge < -0.3 is 20.1 Å². The molecule has 1 aliphatic heterocycles. The second kappa shape index (κ2) is 9.91. The summed E-state index contributed by atoms with van der Waals surface area (Å²) in [6, 6.07) is 12.9. The van der Waals surface area contributed by atoms with Gasteiger partial charge in [0, 0.05) is 18.0 Å². The van der Waals surface area contributed by atoms with E-state index in [9.17, 15) is 14.0 Å². The molecule has 0 saturated carbocycles. The minimum atomic E-state index is -1.06. The third kappa shape index (κ3) is 5.93. The number of aryl methyl sites for hydroxylation is 1. The van der Waals surface area contributed by atoms with E-state index in [1.54, 1.807) is 11.0 Å². The van der Waals surface area contributed by atoms with E-state index in [2.05, 4.69) is 0 Å². The molecule has 1 heterocycles. The van der Waals surface area contributed by atoms with Crippen molar-refractivity contribution in [2.24, 2.45) is 5.73 Å². The third-order valence-corrected chi connectivity index (χ3v) is 5.35. The molecule has 0 radical (unpaired) electrons. The fourth-order valence-electron chi connectivity index (χ4n) is 3.47. The maximum Gasteiger partial charge on any atom is 0.223 e. The summed E-state index contributed by atoms with van der Waals surface area (Å²) < 4.78 is 24.7. The van der Waals surface area contributed by atoms with Crippen LogP contribution in [0.2, 0.25) is 5.02 Å². The van der Waals surface area contributed by atoms with Gasteiger partial charge in [-0.3, -0.25) is 9.59 Å². The van der Waals surface area contributed by atoms with Crippen LogP contribution in [0.3, 0.4) is 0 Å². The molecular weight excluding hydrogens is 411 g/mol. The van der Waals surface area contributed by atoms with Gasteiger partial charge in [-0.05, 0) is 42.3 Å². The number of morpholine rings is 1. The van der Waals surface area contributed by atoms with Gasteiger partial charge in [0.25, 0.3) is 0 Å². The molecule has 0 unspecified atom stereocenters. The van der Waals surface area contributed by atoms with Crippen LogP contribution >= 0.6 is 11.6 Å². The fourth-order valence-corrected chi connectivity index (χ4v) is 3.70. The Kier molecular flexibility index (Phi) is 7.29. The van der Waals surface area contributed by atoms with Crippen LogP contribution in [0.5, 0.6) is 5.75 Å². The van der Waals surface area contributed by atoms with Crippen molar-refractivity contribution in [3.05, 3.63) is 64.9 Å². The summed E-state index contributed by atoms with van der Waals surface area (Å²) >= 11 is 6.17. The van der Waals surface area contributed by atoms with Gasteiger partial charge in [-0.15, -0.1) is 0 Å². The molecule has 1 fully saturated rings. The van der Waals surface area contributed by atoms with E-state index in [0.717, 1.165) is 5.56 Å². The average molecular weight is 435 g/mol. The van der Waals surface area contributed by atoms with Crippen LogP contribution in [0.15, 0.2) is 48.5 Å². The molecule has 0 spiro atoms. The topological polar surface area (TPSA) is 81.9 Å². The molecule has 0 bridgehead atoms. The van der Waals surface area contributed by atoms with E-state index < -0.39 is 11.5 Å². The van der Waals surface area contributed by atoms with E-state index in [4.69, 9.17) is 26.8 Å². The first kappa shape index (κ1) is 22.1. The zero-order valence-corrected chi connectivity index (χ0v) is 17.2. The number of ether oxygens (including phenoxy) is 2. The Morgan fingerprint density at radius 3 is 2.63 bits per heavy atom. The Morgan fingerprint density at radius 2 is 1.93 bits per heavy atom. The van der Waals surface area contributed by atoms with Crippen molar-refractivity contribution in [3.63, 3.8) is 0 Å². The van der Waals surface area contributed by atoms with Crippen LogP contribution < -0.4 is 10.5 Å². The van der Waals surface area contributed by atoms with Gasteiger partial charge in [0.05, 0.1) is 19.6 Å². The summed E-state index contributed by atoms with van der Waals surface area (Å²) in [6.45, 7) is 0.866. The van der Waals surface area contributed by atoms with E-state index in [1.807, 2.05) is 18.2 Å². The zero-order chi connectivity index (χ0) is 21.6. The van der Waals surface area contributed by atoms with Gasteiger partial charge in [-0.25, -0.2) is 4.39 Å². The lowest BCUT2D eigenvalue weighted by atomic mass is 9.97. The Bertz CT molecular complexity index is 893. The van der Waals surface area contributed by atoms with Crippen molar-refractivity contribution in [2.45, 2.75) is 24.9 Å². The van der Waals surface area contributed by atoms with Crippen LogP contribution in [-0.4, -0.2) is 48.6 Å². The lowest BCUT2D eigenvalue weighted by Crippen LogP contribution is -2.58. The second-order valence-corrected chi connectivity index (χ2v) is 7.73. The monoisotopic (exact) mass is 434 g/mol. The van der Waals surface area contributed by atoms with E-state index >= 15 is 0 Å². The van der Waals surface area contributed by atoms with Crippen LogP contribution in [0.25, 0.3) is 0 Å². The zero-order valence-electron chi connectivity index (χ0n) is 16.5. The van der Waals surface area contributed by atoms with Gasteiger partial charge in [-0.2, -0.15) is 0 Å². The molecule has 1 saturated heterocycles. The van der Waals surface area contributed by atoms with Gasteiger partial charge in [0.1, 0.15) is 23.8 Å². The standard InChI is InChI=1S/C22H24ClFN2O4/c23-19-4-2-1-3-16(19)5-10-21(28)26-11-12-30-22(14-26,13-20(25)27)15-29-18-8-6-17(24)7-9-18/h1-4,6-9H,5,10-15H2,(H2,25,27)/t22-/m0/s1. The highest BCUT2D eigenvalue weighted by Gasteiger charge is 2.40. The summed E-state index contributed by atoms with van der Waals surface area (Å²) in [5, 5.41) is 0.628. The molecule has 1 atom stereocenters. The molecule has 0 aromatic heterocycles. The largest absolute Gasteiger partial charge is 0.490 e. The molecule has 2 N–H and O–H groups in total. The SMILES string of the molecule is NC(=O)C[C@@]1(COc2ccc(F)cc2)CN(C(=O)CCc2ccccc2Cl)CCO1. The van der Waals surface area contributed by atoms with Gasteiger partial charge in [0.2, 0.25) is 11.8 Å². The molecule has 6 nitrogen and oxygen atoms in total. The molecule has 160 valence electrons. The van der Waals surface area contributed by atoms with Crippen LogP contribution in [-0.2, 0) is 20.7 Å². The first-order chi connectivity index (χ1) is 14.4. The van der Waals surface area contributed by atoms with Crippen molar-refractivity contribution in [3.8, 4) is 5.75 Å². The lowest BCUT2D eigenvalue weighted by molar-refractivity contribution is -0.161. The molecule has 30 heavy (non-hydrogen) atoms. The molecule has 3 rings (SSSR count). The first-order valence-corrected chi connectivity index (χ1v) is 10.1. The Labute approximate surface area is 179 Å². The smallest absolute Gasteiger partial charge is 0.223 e. The Morgan fingerprint density at radius 1 is 1.20 bits per heavy atom. The van der Waals surface area contributed by atoms with Crippen LogP contribution in [0.1, 0.15) is 18.4 Å². The number of benzene rings is 2. The number of hydrogen-bond donors (Lipinski definition) is 1. The van der Waals surface area contributed by atoms with Crippen LogP contribution in [0.4, 0.5) is 4.39 Å². The van der Waals surface area contributed by atoms with Crippen molar-refractivity contribution in [1.29, 1.82) is 0 Å². The quantitative estimate of drug-likeness (QED) is 0.692. The molecule has 2 aromatic rings. The highest BCUT2D eigenvalue weighted by molar-refractivity contribution is 6.31. The average Bonchev–Trinajstić information content (AvgIpc) is 2.72. The van der Waals surface area contributed by atoms with Gasteiger partial charge in [-0.1, -0.05) is 29.8 Å². The summed E-state index contributed by atoms with van der Waals surface area (Å²) in [5.41, 5.74) is 5.28. The highest BCUT2D eigenvalue weighted by atomic mass is 35.5. The predicted molar refractivity (Wildman–Crippen MR) is 111 cm³/mol. The predicted octanol–water partition coefficient (Wildman–Crippen LogP) is 2.96. The van der Waals surface area contributed by atoms with Gasteiger partial charge in [0.15, 0.2) is 0 Å². The maximum absolute atomic E-state index is 13.1. The van der Waals surface area contributed by atoms with E-state index in [0.29, 0.717) is 23.7 Å². The number of hydrogen-bond acceptors (Lipinski definition) is 4. The summed E-state index contributed by atoms with van der Waals surface area (Å²) in [6.07, 6.45) is 0.711. The lowest BCUT2D eigenvalue weighted by Gasteiger charge is -2.42. The number of carbonyl (C=O) groups excluding carboxylic acids is 2. The molecule has 0 aliphatic carbocycles. The fraction of sp³-hybridized carbons (Fsp3) is 0.364. The number of primary amides is 1. The molecule has 2 aromatic carbocycles. The third-order valence-electron chi connectivity index (χ3n) is 4.98. The Hall–Kier alpha value is -2.64. The highest BCUT2D eigenvalue weighted by Crippen LogP contribution is 2.25. The minimum Gasteiger partial charge on any atom is -0.490 e. The van der Waals surface area contributed by atoms with Crippen molar-refractivity contribution >= 4 is 23.4 Å². The van der Waals surface area contributed by atoms with Crippen molar-refractivity contribution in [2.75, 3.05) is 26.3 Å². The number of rotatable bonds is 8. The molecule has 8 heteroatoms. The first-order valence-electron chi connectivity index (χ1n) is 9.69. The number of halogens is 2. The van der Waals surface area contributed by atoms with E-state index in [1.165, 1.54) is 24.3 Å². The number of nitrogens with zero attached hydrogens (tertiary/aromatic N) is 1. The van der Waals surface area contributed by atoms with Crippen LogP contribution in [0, 0.1) is 5.82 Å². The summed E-state index contributed by atoms with van der Waals surface area (Å²) in [7, 11) is 0. The normalized spacial score (nSPS) is 18.8. The van der Waals surface area contributed by atoms with Gasteiger partial charge >= 0.3 is 0 Å². The molecule has 1 aliphatic rings. The number of carbonyl (C=O) groups is 2. The summed E-state index contributed by atoms with van der Waals surface area (Å²) in [4.78, 5) is 26.1. The van der Waals surface area contributed by atoms with Crippen molar-refractivity contribution < 1.29 is 23.5 Å². The minimum absolute atomic E-state index is 0.00979. The maximum atomic E-state index is 13.1. The van der Waals surface area contributed by atoms with E-state index in [-0.39, 0.29) is 44.3 Å². The number of nitrogens with two attached hydrogens (primary N) is 1. The Balaban J connectivity index is 1.65.